The second kappa shape index (κ2) is 9.73. The molecule has 1 N–H and O–H groups in total. The van der Waals surface area contributed by atoms with Gasteiger partial charge in [0, 0.05) is 25.4 Å². The van der Waals surface area contributed by atoms with Gasteiger partial charge in [-0.1, -0.05) is 37.6 Å². The molecule has 4 rings (SSSR count). The third kappa shape index (κ3) is 5.59. The van der Waals surface area contributed by atoms with Gasteiger partial charge in [-0.3, -0.25) is 4.68 Å². The Morgan fingerprint density at radius 3 is 2.63 bits per heavy atom. The SMILES string of the molecule is CCCC1Cc2cc(F)c(CNS(=O)(=O)c3cnn(C)c3)cc2C1Cc1cccc(C(F)(F)F)c1. The van der Waals surface area contributed by atoms with Gasteiger partial charge >= 0.3 is 6.18 Å². The van der Waals surface area contributed by atoms with E-state index >= 15 is 0 Å². The number of rotatable bonds is 8. The van der Waals surface area contributed by atoms with E-state index in [1.165, 1.54) is 35.3 Å². The summed E-state index contributed by atoms with van der Waals surface area (Å²) in [6.07, 6.45) is 0.943. The van der Waals surface area contributed by atoms with E-state index in [9.17, 15) is 26.0 Å². The molecule has 1 aliphatic rings. The first-order chi connectivity index (χ1) is 16.5. The van der Waals surface area contributed by atoms with Crippen molar-refractivity contribution >= 4 is 10.0 Å². The lowest BCUT2D eigenvalue weighted by molar-refractivity contribution is -0.137. The average molecular weight is 510 g/mol. The molecular formula is C25H27F4N3O2S. The van der Waals surface area contributed by atoms with Gasteiger partial charge in [-0.05, 0) is 59.9 Å². The van der Waals surface area contributed by atoms with Crippen LogP contribution in [0.1, 0.15) is 53.5 Å². The number of aromatic nitrogens is 2. The van der Waals surface area contributed by atoms with Crippen LogP contribution in [-0.4, -0.2) is 18.2 Å². The molecule has 2 atom stereocenters. The molecule has 0 saturated heterocycles. The van der Waals surface area contributed by atoms with Gasteiger partial charge < -0.3 is 0 Å². The van der Waals surface area contributed by atoms with Crippen LogP contribution in [0.2, 0.25) is 0 Å². The molecule has 5 nitrogen and oxygen atoms in total. The molecular weight excluding hydrogens is 482 g/mol. The number of fused-ring (bicyclic) bond motifs is 1. The van der Waals surface area contributed by atoms with Gasteiger partial charge in [0.05, 0.1) is 11.8 Å². The molecule has 2 unspecified atom stereocenters. The molecule has 1 aromatic heterocycles. The molecule has 2 aromatic carbocycles. The van der Waals surface area contributed by atoms with Gasteiger partial charge in [-0.2, -0.15) is 18.3 Å². The van der Waals surface area contributed by atoms with Crippen molar-refractivity contribution in [2.75, 3.05) is 0 Å². The standard InChI is InChI=1S/C25H27F4N3O2S/c1-3-5-17-10-18-12-24(26)19(13-31-35(33,34)21-14-30-32(2)15-21)11-23(18)22(17)9-16-6-4-7-20(8-16)25(27,28)29/h4,6-8,11-12,14-15,17,22,31H,3,5,9-10,13H2,1-2H3. The first kappa shape index (κ1) is 25.4. The number of hydrogen-bond acceptors (Lipinski definition) is 3. The number of nitrogens with one attached hydrogen (secondary N) is 1. The molecule has 0 aliphatic heterocycles. The zero-order valence-electron chi connectivity index (χ0n) is 19.4. The van der Waals surface area contributed by atoms with Crippen molar-refractivity contribution in [2.24, 2.45) is 13.0 Å². The fourth-order valence-corrected chi connectivity index (χ4v) is 5.88. The molecule has 0 spiro atoms. The first-order valence-electron chi connectivity index (χ1n) is 11.4. The van der Waals surface area contributed by atoms with Gasteiger partial charge in [-0.15, -0.1) is 0 Å². The van der Waals surface area contributed by atoms with Gasteiger partial charge in [0.1, 0.15) is 10.7 Å². The molecule has 0 amide bonds. The largest absolute Gasteiger partial charge is 0.416 e. The van der Waals surface area contributed by atoms with E-state index in [4.69, 9.17) is 0 Å². The quantitative estimate of drug-likeness (QED) is 0.416. The molecule has 1 aliphatic carbocycles. The maximum atomic E-state index is 14.9. The normalized spacial score (nSPS) is 18.1. The smallest absolute Gasteiger partial charge is 0.274 e. The topological polar surface area (TPSA) is 64.0 Å². The Hall–Kier alpha value is -2.72. The fraction of sp³-hybridized carbons (Fsp3) is 0.400. The van der Waals surface area contributed by atoms with Crippen LogP contribution in [0.5, 0.6) is 0 Å². The molecule has 0 fully saturated rings. The van der Waals surface area contributed by atoms with Crippen molar-refractivity contribution in [1.82, 2.24) is 14.5 Å². The maximum Gasteiger partial charge on any atom is 0.416 e. The summed E-state index contributed by atoms with van der Waals surface area (Å²) >= 11 is 0. The maximum absolute atomic E-state index is 14.9. The number of alkyl halides is 3. The van der Waals surface area contributed by atoms with Crippen LogP contribution < -0.4 is 4.72 Å². The Balaban J connectivity index is 1.61. The van der Waals surface area contributed by atoms with E-state index in [0.717, 1.165) is 30.0 Å². The third-order valence-corrected chi connectivity index (χ3v) is 7.93. The van der Waals surface area contributed by atoms with E-state index in [-0.39, 0.29) is 28.8 Å². The van der Waals surface area contributed by atoms with Crippen molar-refractivity contribution in [3.8, 4) is 0 Å². The number of benzene rings is 2. The summed E-state index contributed by atoms with van der Waals surface area (Å²) in [7, 11) is -2.28. The first-order valence-corrected chi connectivity index (χ1v) is 12.9. The fourth-order valence-electron chi connectivity index (χ4n) is 4.89. The minimum atomic E-state index is -4.42. The predicted octanol–water partition coefficient (Wildman–Crippen LogP) is 5.36. The van der Waals surface area contributed by atoms with Crippen LogP contribution in [0, 0.1) is 11.7 Å². The monoisotopic (exact) mass is 509 g/mol. The number of sulfonamides is 1. The van der Waals surface area contributed by atoms with E-state index in [1.807, 2.05) is 6.92 Å². The molecule has 0 bridgehead atoms. The Morgan fingerprint density at radius 1 is 1.20 bits per heavy atom. The second-order valence-corrected chi connectivity index (χ2v) is 10.8. The summed E-state index contributed by atoms with van der Waals surface area (Å²) in [6, 6.07) is 8.43. The highest BCUT2D eigenvalue weighted by atomic mass is 32.2. The van der Waals surface area contributed by atoms with Gasteiger partial charge in [0.15, 0.2) is 0 Å². The molecule has 0 radical (unpaired) electrons. The van der Waals surface area contributed by atoms with Crippen LogP contribution >= 0.6 is 0 Å². The van der Waals surface area contributed by atoms with Crippen molar-refractivity contribution in [1.29, 1.82) is 0 Å². The third-order valence-electron chi connectivity index (χ3n) is 6.57. The summed E-state index contributed by atoms with van der Waals surface area (Å²) in [5, 5.41) is 3.85. The molecule has 0 saturated carbocycles. The second-order valence-electron chi connectivity index (χ2n) is 9.08. The Kier molecular flexibility index (Phi) is 7.06. The lowest BCUT2D eigenvalue weighted by atomic mass is 9.83. The molecule has 35 heavy (non-hydrogen) atoms. The Labute approximate surface area is 202 Å². The minimum Gasteiger partial charge on any atom is -0.274 e. The van der Waals surface area contributed by atoms with Gasteiger partial charge in [0.25, 0.3) is 0 Å². The summed E-state index contributed by atoms with van der Waals surface area (Å²) in [5.74, 6) is -0.415. The van der Waals surface area contributed by atoms with Crippen molar-refractivity contribution in [3.05, 3.63) is 82.4 Å². The van der Waals surface area contributed by atoms with Crippen LogP contribution in [0.4, 0.5) is 17.6 Å². The minimum absolute atomic E-state index is 0.0213. The van der Waals surface area contributed by atoms with Gasteiger partial charge in [-0.25, -0.2) is 17.5 Å². The summed E-state index contributed by atoms with van der Waals surface area (Å²) in [5.41, 5.74) is 1.78. The predicted molar refractivity (Wildman–Crippen MR) is 124 cm³/mol. The van der Waals surface area contributed by atoms with E-state index in [1.54, 1.807) is 19.2 Å². The van der Waals surface area contributed by atoms with E-state index in [2.05, 4.69) is 9.82 Å². The number of halogens is 4. The van der Waals surface area contributed by atoms with Crippen LogP contribution in [0.25, 0.3) is 0 Å². The highest BCUT2D eigenvalue weighted by Crippen LogP contribution is 2.43. The van der Waals surface area contributed by atoms with Crippen LogP contribution in [0.3, 0.4) is 0 Å². The van der Waals surface area contributed by atoms with Crippen molar-refractivity contribution in [2.45, 2.75) is 56.1 Å². The number of aryl methyl sites for hydroxylation is 1. The zero-order chi connectivity index (χ0) is 25.4. The summed E-state index contributed by atoms with van der Waals surface area (Å²) in [6.45, 7) is 1.80. The van der Waals surface area contributed by atoms with Gasteiger partial charge in [0.2, 0.25) is 10.0 Å². The lowest BCUT2D eigenvalue weighted by Gasteiger charge is -2.21. The molecule has 188 valence electrons. The van der Waals surface area contributed by atoms with E-state index < -0.39 is 27.6 Å². The summed E-state index contributed by atoms with van der Waals surface area (Å²) in [4.78, 5) is -0.0213. The number of hydrogen-bond donors (Lipinski definition) is 1. The number of nitrogens with zero attached hydrogens (tertiary/aromatic N) is 2. The molecule has 3 aromatic rings. The lowest BCUT2D eigenvalue weighted by Crippen LogP contribution is -2.23. The van der Waals surface area contributed by atoms with Crippen molar-refractivity contribution < 1.29 is 26.0 Å². The van der Waals surface area contributed by atoms with Crippen molar-refractivity contribution in [3.63, 3.8) is 0 Å². The van der Waals surface area contributed by atoms with Crippen LogP contribution in [-0.2, 0) is 42.6 Å². The Morgan fingerprint density at radius 2 is 1.97 bits per heavy atom. The zero-order valence-corrected chi connectivity index (χ0v) is 20.3. The Bertz CT molecular complexity index is 1320. The highest BCUT2D eigenvalue weighted by Gasteiger charge is 2.34. The van der Waals surface area contributed by atoms with E-state index in [0.29, 0.717) is 18.4 Å². The molecule has 1 heterocycles. The highest BCUT2D eigenvalue weighted by molar-refractivity contribution is 7.89. The van der Waals surface area contributed by atoms with Crippen LogP contribution in [0.15, 0.2) is 53.7 Å². The summed E-state index contributed by atoms with van der Waals surface area (Å²) < 4.78 is 83.4. The molecule has 10 heteroatoms. The average Bonchev–Trinajstić information content (AvgIpc) is 3.36.